The lowest BCUT2D eigenvalue weighted by molar-refractivity contribution is -0.00904. The second-order valence-electron chi connectivity index (χ2n) is 5.42. The van der Waals surface area contributed by atoms with Crippen molar-refractivity contribution in [3.8, 4) is 0 Å². The van der Waals surface area contributed by atoms with Gasteiger partial charge in [-0.25, -0.2) is 4.79 Å². The fraction of sp³-hybridized carbons (Fsp3) is 0.909. The molecule has 0 aromatic heterocycles. The van der Waals surface area contributed by atoms with Gasteiger partial charge >= 0.3 is 6.09 Å². The number of carbonyl (C=O) groups excluding carboxylic acids is 1. The number of hydrogen-bond acceptors (Lipinski definition) is 4. The molecule has 0 aliphatic carbocycles. The quantitative estimate of drug-likeness (QED) is 0.716. The normalized spacial score (nSPS) is 33.2. The second kappa shape index (κ2) is 3.89. The first kappa shape index (κ1) is 11.7. The van der Waals surface area contributed by atoms with E-state index in [4.69, 9.17) is 9.47 Å². The van der Waals surface area contributed by atoms with Gasteiger partial charge in [-0.2, -0.15) is 0 Å². The van der Waals surface area contributed by atoms with E-state index in [0.29, 0.717) is 13.2 Å². The molecular formula is C11H19NO4. The van der Waals surface area contributed by atoms with Crippen LogP contribution in [0.15, 0.2) is 0 Å². The number of fused-ring (bicyclic) bond motifs is 2. The number of ether oxygens (including phenoxy) is 2. The lowest BCUT2D eigenvalue weighted by Crippen LogP contribution is -2.44. The molecule has 0 spiro atoms. The number of hydrogen-bond donors (Lipinski definition) is 1. The number of aliphatic hydroxyl groups excluding tert-OH is 1. The number of carbonyl (C=O) groups is 1. The molecule has 2 aliphatic heterocycles. The second-order valence-corrected chi connectivity index (χ2v) is 5.42. The summed E-state index contributed by atoms with van der Waals surface area (Å²) in [4.78, 5) is 13.6. The first-order valence-corrected chi connectivity index (χ1v) is 5.64. The van der Waals surface area contributed by atoms with Crippen molar-refractivity contribution in [3.63, 3.8) is 0 Å². The zero-order valence-electron chi connectivity index (χ0n) is 9.97. The van der Waals surface area contributed by atoms with Gasteiger partial charge in [0.05, 0.1) is 31.9 Å². The lowest BCUT2D eigenvalue weighted by atomic mass is 10.0. The third-order valence-corrected chi connectivity index (χ3v) is 3.07. The van der Waals surface area contributed by atoms with Crippen molar-refractivity contribution in [1.82, 2.24) is 4.90 Å². The Morgan fingerprint density at radius 1 is 1.56 bits per heavy atom. The molecule has 2 fully saturated rings. The first-order chi connectivity index (χ1) is 7.42. The highest BCUT2D eigenvalue weighted by molar-refractivity contribution is 5.69. The van der Waals surface area contributed by atoms with E-state index in [1.165, 1.54) is 0 Å². The van der Waals surface area contributed by atoms with E-state index in [9.17, 15) is 9.90 Å². The predicted octanol–water partition coefficient (Wildman–Crippen LogP) is 0.613. The number of aliphatic hydroxyl groups is 1. The molecule has 2 heterocycles. The molecule has 0 saturated carbocycles. The van der Waals surface area contributed by atoms with E-state index in [2.05, 4.69) is 0 Å². The van der Waals surface area contributed by atoms with Gasteiger partial charge in [0.25, 0.3) is 0 Å². The third kappa shape index (κ3) is 2.01. The highest BCUT2D eigenvalue weighted by atomic mass is 16.6. The fourth-order valence-corrected chi connectivity index (χ4v) is 2.33. The maximum atomic E-state index is 11.9. The predicted molar refractivity (Wildman–Crippen MR) is 57.0 cm³/mol. The molecule has 2 aliphatic rings. The minimum atomic E-state index is -0.478. The molecule has 92 valence electrons. The summed E-state index contributed by atoms with van der Waals surface area (Å²) in [5.74, 6) is 0.0486. The van der Waals surface area contributed by atoms with Crippen molar-refractivity contribution in [2.24, 2.45) is 5.92 Å². The van der Waals surface area contributed by atoms with Crippen LogP contribution in [-0.4, -0.2) is 53.6 Å². The summed E-state index contributed by atoms with van der Waals surface area (Å²) in [6, 6.07) is -0.0233. The molecule has 0 aromatic rings. The van der Waals surface area contributed by atoms with Crippen LogP contribution < -0.4 is 0 Å². The van der Waals surface area contributed by atoms with Gasteiger partial charge in [0.15, 0.2) is 0 Å². The molecule has 0 aromatic carbocycles. The number of nitrogens with zero attached hydrogens (tertiary/aromatic N) is 1. The van der Waals surface area contributed by atoms with E-state index in [1.54, 1.807) is 4.90 Å². The van der Waals surface area contributed by atoms with Gasteiger partial charge in [-0.15, -0.1) is 0 Å². The molecule has 0 radical (unpaired) electrons. The molecule has 1 N–H and O–H groups in total. The molecule has 1 amide bonds. The van der Waals surface area contributed by atoms with Crippen LogP contribution in [0.2, 0.25) is 0 Å². The summed E-state index contributed by atoms with van der Waals surface area (Å²) in [7, 11) is 0. The summed E-state index contributed by atoms with van der Waals surface area (Å²) in [6.07, 6.45) is -0.329. The highest BCUT2D eigenvalue weighted by Crippen LogP contribution is 2.34. The van der Waals surface area contributed by atoms with Crippen molar-refractivity contribution in [3.05, 3.63) is 0 Å². The monoisotopic (exact) mass is 229 g/mol. The van der Waals surface area contributed by atoms with Crippen LogP contribution in [0.5, 0.6) is 0 Å². The SMILES string of the molecule is CC(C)(C)OC(=O)N1C[C@H]2OC[C@@H]1C2CO. The summed E-state index contributed by atoms with van der Waals surface area (Å²) in [6.45, 7) is 6.65. The maximum absolute atomic E-state index is 11.9. The highest BCUT2D eigenvalue weighted by Gasteiger charge is 2.50. The van der Waals surface area contributed by atoms with Crippen molar-refractivity contribution < 1.29 is 19.4 Å². The van der Waals surface area contributed by atoms with E-state index < -0.39 is 5.60 Å². The Kier molecular flexibility index (Phi) is 2.84. The molecule has 2 saturated heterocycles. The Labute approximate surface area is 95.3 Å². The number of likely N-dealkylation sites (tertiary alicyclic amines) is 1. The number of rotatable bonds is 1. The van der Waals surface area contributed by atoms with Gasteiger partial charge in [0.2, 0.25) is 0 Å². The van der Waals surface area contributed by atoms with Crippen LogP contribution in [0.25, 0.3) is 0 Å². The Bertz CT molecular complexity index is 286. The maximum Gasteiger partial charge on any atom is 0.410 e. The van der Waals surface area contributed by atoms with Gasteiger partial charge in [-0.3, -0.25) is 4.90 Å². The van der Waals surface area contributed by atoms with Gasteiger partial charge in [-0.1, -0.05) is 0 Å². The molecule has 16 heavy (non-hydrogen) atoms. The Morgan fingerprint density at radius 2 is 2.25 bits per heavy atom. The molecule has 5 heteroatoms. The summed E-state index contributed by atoms with van der Waals surface area (Å²) in [5.41, 5.74) is -0.478. The standard InChI is InChI=1S/C11H19NO4/c1-11(2,3)16-10(14)12-4-9-7(5-13)8(12)6-15-9/h7-9,13H,4-6H2,1-3H3/t7?,8-,9-/m1/s1. The van der Waals surface area contributed by atoms with Crippen molar-refractivity contribution >= 4 is 6.09 Å². The van der Waals surface area contributed by atoms with Crippen molar-refractivity contribution in [1.29, 1.82) is 0 Å². The molecule has 5 nitrogen and oxygen atoms in total. The first-order valence-electron chi connectivity index (χ1n) is 5.64. The Hall–Kier alpha value is -0.810. The minimum Gasteiger partial charge on any atom is -0.444 e. The fourth-order valence-electron chi connectivity index (χ4n) is 2.33. The summed E-state index contributed by atoms with van der Waals surface area (Å²) >= 11 is 0. The Morgan fingerprint density at radius 3 is 2.75 bits per heavy atom. The van der Waals surface area contributed by atoms with E-state index >= 15 is 0 Å². The van der Waals surface area contributed by atoms with Crippen LogP contribution in [0.4, 0.5) is 4.79 Å². The van der Waals surface area contributed by atoms with Crippen LogP contribution >= 0.6 is 0 Å². The van der Waals surface area contributed by atoms with Gasteiger partial charge < -0.3 is 14.6 Å². The van der Waals surface area contributed by atoms with Crippen LogP contribution in [-0.2, 0) is 9.47 Å². The molecular weight excluding hydrogens is 210 g/mol. The van der Waals surface area contributed by atoms with E-state index in [0.717, 1.165) is 0 Å². The summed E-state index contributed by atoms with van der Waals surface area (Å²) in [5, 5.41) is 9.22. The van der Waals surface area contributed by atoms with Crippen LogP contribution in [0.3, 0.4) is 0 Å². The zero-order valence-corrected chi connectivity index (χ0v) is 9.97. The Balaban J connectivity index is 2.00. The number of amides is 1. The van der Waals surface area contributed by atoms with Gasteiger partial charge in [-0.05, 0) is 20.8 Å². The largest absolute Gasteiger partial charge is 0.444 e. The average molecular weight is 229 g/mol. The van der Waals surface area contributed by atoms with Crippen molar-refractivity contribution in [2.45, 2.75) is 38.5 Å². The summed E-state index contributed by atoms with van der Waals surface area (Å²) < 4.78 is 10.8. The van der Waals surface area contributed by atoms with Crippen molar-refractivity contribution in [2.75, 3.05) is 19.8 Å². The van der Waals surface area contributed by atoms with Gasteiger partial charge in [0.1, 0.15) is 5.60 Å². The van der Waals surface area contributed by atoms with Gasteiger partial charge in [0, 0.05) is 5.92 Å². The van der Waals surface area contributed by atoms with E-state index in [-0.39, 0.29) is 30.8 Å². The molecule has 2 bridgehead atoms. The molecule has 1 unspecified atom stereocenters. The van der Waals surface area contributed by atoms with Crippen LogP contribution in [0, 0.1) is 5.92 Å². The smallest absolute Gasteiger partial charge is 0.410 e. The molecule has 2 rings (SSSR count). The minimum absolute atomic E-state index is 0.0233. The average Bonchev–Trinajstić information content (AvgIpc) is 2.70. The number of morpholine rings is 1. The molecule has 3 atom stereocenters. The third-order valence-electron chi connectivity index (χ3n) is 3.07. The topological polar surface area (TPSA) is 59.0 Å². The van der Waals surface area contributed by atoms with Crippen LogP contribution in [0.1, 0.15) is 20.8 Å². The van der Waals surface area contributed by atoms with E-state index in [1.807, 2.05) is 20.8 Å². The lowest BCUT2D eigenvalue weighted by Gasteiger charge is -2.30. The zero-order chi connectivity index (χ0) is 11.9.